The number of para-hydroxylation sites is 1. The predicted octanol–water partition coefficient (Wildman–Crippen LogP) is 5.21. The smallest absolute Gasteiger partial charge is 0.220 e. The number of hydrogen-bond acceptors (Lipinski definition) is 2. The maximum absolute atomic E-state index is 14.0. The van der Waals surface area contributed by atoms with Crippen molar-refractivity contribution in [2.24, 2.45) is 0 Å². The maximum Gasteiger partial charge on any atom is 0.220 e. The Labute approximate surface area is 183 Å². The maximum atomic E-state index is 14.0. The molecule has 3 aromatic rings. The van der Waals surface area contributed by atoms with Gasteiger partial charge in [0.2, 0.25) is 5.91 Å². The van der Waals surface area contributed by atoms with Crippen LogP contribution in [0.25, 0.3) is 10.9 Å². The van der Waals surface area contributed by atoms with Crippen LogP contribution < -0.4 is 5.32 Å². The van der Waals surface area contributed by atoms with Crippen LogP contribution in [0, 0.1) is 5.82 Å². The van der Waals surface area contributed by atoms with E-state index in [0.29, 0.717) is 19.0 Å². The van der Waals surface area contributed by atoms with Crippen molar-refractivity contribution in [3.05, 3.63) is 71.7 Å². The van der Waals surface area contributed by atoms with Crippen LogP contribution in [-0.2, 0) is 4.79 Å². The van der Waals surface area contributed by atoms with Gasteiger partial charge in [-0.1, -0.05) is 36.8 Å². The largest absolute Gasteiger partial charge is 0.361 e. The summed E-state index contributed by atoms with van der Waals surface area (Å²) in [6.45, 7) is 5.16. The first kappa shape index (κ1) is 21.6. The van der Waals surface area contributed by atoms with Crippen LogP contribution in [0.4, 0.5) is 4.39 Å². The van der Waals surface area contributed by atoms with Crippen LogP contribution in [-0.4, -0.2) is 41.5 Å². The van der Waals surface area contributed by atoms with E-state index in [2.05, 4.69) is 22.1 Å². The molecule has 2 aromatic carbocycles. The number of likely N-dealkylation sites (tertiary alicyclic amines) is 1. The van der Waals surface area contributed by atoms with Gasteiger partial charge in [-0.2, -0.15) is 0 Å². The van der Waals surface area contributed by atoms with Crippen molar-refractivity contribution >= 4 is 16.8 Å². The quantitative estimate of drug-likeness (QED) is 0.491. The summed E-state index contributed by atoms with van der Waals surface area (Å²) in [6.07, 6.45) is 7.07. The number of carbonyl (C=O) groups is 1. The second-order valence-electron chi connectivity index (χ2n) is 8.69. The molecule has 0 radical (unpaired) electrons. The lowest BCUT2D eigenvalue weighted by Crippen LogP contribution is -2.39. The zero-order chi connectivity index (χ0) is 21.6. The van der Waals surface area contributed by atoms with E-state index in [1.807, 2.05) is 36.5 Å². The molecule has 1 aromatic heterocycles. The van der Waals surface area contributed by atoms with Gasteiger partial charge >= 0.3 is 0 Å². The van der Waals surface area contributed by atoms with Crippen molar-refractivity contribution in [1.29, 1.82) is 0 Å². The fraction of sp³-hybridized carbons (Fsp3) is 0.423. The second kappa shape index (κ2) is 10.1. The van der Waals surface area contributed by atoms with E-state index in [1.165, 1.54) is 31.4 Å². The van der Waals surface area contributed by atoms with Crippen molar-refractivity contribution < 1.29 is 9.18 Å². The van der Waals surface area contributed by atoms with Gasteiger partial charge in [0.05, 0.1) is 0 Å². The molecule has 0 aliphatic carbocycles. The number of aromatic nitrogens is 1. The molecule has 4 rings (SSSR count). The summed E-state index contributed by atoms with van der Waals surface area (Å²) in [5, 5.41) is 4.17. The summed E-state index contributed by atoms with van der Waals surface area (Å²) in [5.41, 5.74) is 2.87. The molecule has 1 fully saturated rings. The van der Waals surface area contributed by atoms with Gasteiger partial charge in [-0.3, -0.25) is 4.79 Å². The van der Waals surface area contributed by atoms with Crippen molar-refractivity contribution in [1.82, 2.24) is 15.2 Å². The third-order valence-corrected chi connectivity index (χ3v) is 6.52. The monoisotopic (exact) mass is 421 g/mol. The van der Waals surface area contributed by atoms with E-state index >= 15 is 0 Å². The number of nitrogens with one attached hydrogen (secondary N) is 2. The first-order valence-electron chi connectivity index (χ1n) is 11.4. The summed E-state index contributed by atoms with van der Waals surface area (Å²) in [6, 6.07) is 15.3. The van der Waals surface area contributed by atoms with Crippen LogP contribution in [0.5, 0.6) is 0 Å². The molecule has 1 aliphatic rings. The van der Waals surface area contributed by atoms with E-state index in [9.17, 15) is 9.18 Å². The minimum Gasteiger partial charge on any atom is -0.361 e. The molecule has 1 aliphatic heterocycles. The summed E-state index contributed by atoms with van der Waals surface area (Å²) in [5.74, 6) is -0.474. The van der Waals surface area contributed by atoms with Gasteiger partial charge in [-0.05, 0) is 62.1 Å². The lowest BCUT2D eigenvalue weighted by atomic mass is 9.88. The second-order valence-corrected chi connectivity index (χ2v) is 8.69. The van der Waals surface area contributed by atoms with Gasteiger partial charge in [0, 0.05) is 48.6 Å². The average Bonchev–Trinajstić information content (AvgIpc) is 3.20. The third kappa shape index (κ3) is 5.34. The lowest BCUT2D eigenvalue weighted by Gasteiger charge is -2.33. The third-order valence-electron chi connectivity index (χ3n) is 6.52. The number of benzene rings is 2. The van der Waals surface area contributed by atoms with Crippen LogP contribution in [0.2, 0.25) is 0 Å². The molecule has 31 heavy (non-hydrogen) atoms. The van der Waals surface area contributed by atoms with Gasteiger partial charge in [-0.15, -0.1) is 0 Å². The number of H-pyrrole nitrogens is 1. The molecule has 0 spiro atoms. The number of fused-ring (bicyclic) bond motifs is 1. The number of carbonyl (C=O) groups excluding carboxylic acids is 1. The molecule has 0 saturated carbocycles. The normalized spacial score (nSPS) is 18.2. The number of nitrogens with zero attached hydrogens (tertiary/aromatic N) is 1. The number of halogens is 1. The SMILES string of the molecule is C[C@H]1CCCCN1CCCNC(=O)C[C@@H](c1cccc(F)c1)c1c[nH]c2ccccc12. The zero-order valence-corrected chi connectivity index (χ0v) is 18.2. The van der Waals surface area contributed by atoms with E-state index in [4.69, 9.17) is 0 Å². The summed E-state index contributed by atoms with van der Waals surface area (Å²) in [7, 11) is 0. The first-order valence-corrected chi connectivity index (χ1v) is 11.4. The molecule has 0 unspecified atom stereocenters. The molecular formula is C26H32FN3O. The molecule has 164 valence electrons. The van der Waals surface area contributed by atoms with Crippen LogP contribution in [0.15, 0.2) is 54.7 Å². The molecule has 2 atom stereocenters. The molecule has 2 N–H and O–H groups in total. The Morgan fingerprint density at radius 1 is 1.23 bits per heavy atom. The topological polar surface area (TPSA) is 48.1 Å². The Balaban J connectivity index is 1.42. The van der Waals surface area contributed by atoms with Crippen molar-refractivity contribution in [2.75, 3.05) is 19.6 Å². The van der Waals surface area contributed by atoms with E-state index in [1.54, 1.807) is 6.07 Å². The fourth-order valence-corrected chi connectivity index (χ4v) is 4.77. The summed E-state index contributed by atoms with van der Waals surface area (Å²) in [4.78, 5) is 18.6. The number of aromatic amines is 1. The predicted molar refractivity (Wildman–Crippen MR) is 124 cm³/mol. The average molecular weight is 422 g/mol. The lowest BCUT2D eigenvalue weighted by molar-refractivity contribution is -0.121. The molecule has 4 nitrogen and oxygen atoms in total. The van der Waals surface area contributed by atoms with Crippen LogP contribution >= 0.6 is 0 Å². The Morgan fingerprint density at radius 2 is 2.10 bits per heavy atom. The summed E-state index contributed by atoms with van der Waals surface area (Å²) >= 11 is 0. The highest BCUT2D eigenvalue weighted by atomic mass is 19.1. The van der Waals surface area contributed by atoms with Gasteiger partial charge < -0.3 is 15.2 Å². The van der Waals surface area contributed by atoms with E-state index in [0.717, 1.165) is 41.5 Å². The van der Waals surface area contributed by atoms with Gasteiger partial charge in [0.15, 0.2) is 0 Å². The minimum atomic E-state index is -0.279. The van der Waals surface area contributed by atoms with Crippen LogP contribution in [0.1, 0.15) is 56.1 Å². The van der Waals surface area contributed by atoms with E-state index in [-0.39, 0.29) is 17.6 Å². The first-order chi connectivity index (χ1) is 15.1. The van der Waals surface area contributed by atoms with Crippen molar-refractivity contribution in [3.8, 4) is 0 Å². The zero-order valence-electron chi connectivity index (χ0n) is 18.2. The highest BCUT2D eigenvalue weighted by Gasteiger charge is 2.22. The number of piperidine rings is 1. The molecule has 1 saturated heterocycles. The summed E-state index contributed by atoms with van der Waals surface area (Å²) < 4.78 is 14.0. The molecule has 5 heteroatoms. The van der Waals surface area contributed by atoms with Crippen LogP contribution in [0.3, 0.4) is 0 Å². The Bertz CT molecular complexity index is 1010. The Kier molecular flexibility index (Phi) is 7.03. The Morgan fingerprint density at radius 3 is 2.94 bits per heavy atom. The minimum absolute atomic E-state index is 0.00577. The highest BCUT2D eigenvalue weighted by molar-refractivity contribution is 5.86. The number of hydrogen-bond donors (Lipinski definition) is 2. The molecule has 1 amide bonds. The van der Waals surface area contributed by atoms with Gasteiger partial charge in [0.25, 0.3) is 0 Å². The van der Waals surface area contributed by atoms with Gasteiger partial charge in [-0.25, -0.2) is 4.39 Å². The van der Waals surface area contributed by atoms with Gasteiger partial charge in [0.1, 0.15) is 5.82 Å². The fourth-order valence-electron chi connectivity index (χ4n) is 4.77. The number of rotatable bonds is 8. The number of amides is 1. The van der Waals surface area contributed by atoms with E-state index < -0.39 is 0 Å². The Hall–Kier alpha value is -2.66. The molecular weight excluding hydrogens is 389 g/mol. The molecule has 0 bridgehead atoms. The van der Waals surface area contributed by atoms with Crippen molar-refractivity contribution in [3.63, 3.8) is 0 Å². The molecule has 2 heterocycles. The van der Waals surface area contributed by atoms with Crippen molar-refractivity contribution in [2.45, 2.75) is 51.0 Å². The highest BCUT2D eigenvalue weighted by Crippen LogP contribution is 2.33. The standard InChI is InChI=1S/C26H32FN3O/c1-19-8-4-5-14-30(19)15-7-13-28-26(31)17-23(20-9-6-10-21(27)16-20)24-18-29-25-12-3-2-11-22(24)25/h2-3,6,9-12,16,18-19,23,29H,4-5,7-8,13-15,17H2,1H3,(H,28,31)/t19-,23-/m0/s1.